The van der Waals surface area contributed by atoms with Crippen molar-refractivity contribution in [1.29, 1.82) is 0 Å². The Balaban J connectivity index is 0.00000121. The van der Waals surface area contributed by atoms with Gasteiger partial charge in [-0.3, -0.25) is 14.3 Å². The highest BCUT2D eigenvalue weighted by Gasteiger charge is 2.01. The third-order valence-corrected chi connectivity index (χ3v) is 1.40. The Morgan fingerprint density at radius 3 is 2.58 bits per heavy atom. The Morgan fingerprint density at radius 2 is 2.17 bits per heavy atom. The van der Waals surface area contributed by atoms with Crippen LogP contribution in [0.3, 0.4) is 0 Å². The van der Waals surface area contributed by atoms with Gasteiger partial charge in [-0.1, -0.05) is 0 Å². The second-order valence-corrected chi connectivity index (χ2v) is 2.97. The summed E-state index contributed by atoms with van der Waals surface area (Å²) in [4.78, 5) is 3.63. The van der Waals surface area contributed by atoms with Crippen LogP contribution in [0.2, 0.25) is 0 Å². The van der Waals surface area contributed by atoms with Crippen LogP contribution in [0.15, 0.2) is 24.5 Å². The number of anilines is 1. The average molecular weight is 188 g/mol. The molecule has 1 aromatic heterocycles. The first-order valence-corrected chi connectivity index (χ1v) is 4.17. The monoisotopic (exact) mass is 188 g/mol. The summed E-state index contributed by atoms with van der Waals surface area (Å²) >= 11 is 0. The zero-order valence-corrected chi connectivity index (χ0v) is 6.25. The predicted molar refractivity (Wildman–Crippen MR) is 49.3 cm³/mol. The van der Waals surface area contributed by atoms with Crippen LogP contribution in [-0.2, 0) is 10.3 Å². The molecule has 0 spiro atoms. The third kappa shape index (κ3) is 3.94. The Hall–Kier alpha value is -1.08. The van der Waals surface area contributed by atoms with E-state index in [1.807, 2.05) is 4.72 Å². The topological polar surface area (TPSA) is 79.3 Å². The number of aromatic nitrogens is 1. The minimum Gasteiger partial charge on any atom is -0.269 e. The van der Waals surface area contributed by atoms with Gasteiger partial charge in [0.1, 0.15) is 0 Å². The summed E-state index contributed by atoms with van der Waals surface area (Å²) in [6.07, 6.45) is 2.78. The van der Waals surface area contributed by atoms with E-state index in [1.165, 1.54) is 18.5 Å². The predicted octanol–water partition coefficient (Wildman–Crippen LogP) is -0.888. The zero-order chi connectivity index (χ0) is 8.32. The molecule has 0 unspecified atom stereocenters. The maximum absolute atomic E-state index is 10.2. The largest absolute Gasteiger partial charge is 0.357 e. The van der Waals surface area contributed by atoms with Crippen LogP contribution < -0.4 is 4.72 Å². The van der Waals surface area contributed by atoms with Gasteiger partial charge in [-0.15, -0.1) is 0 Å². The van der Waals surface area contributed by atoms with Crippen LogP contribution in [0, 0.1) is 0 Å². The number of nitrogens with one attached hydrogen (secondary N) is 1. The number of hydrogen-bond donors (Lipinski definition) is 2. The van der Waals surface area contributed by atoms with E-state index in [-0.39, 0.29) is 14.1 Å². The summed E-state index contributed by atoms with van der Waals surface area (Å²) < 4.78 is 30.6. The van der Waals surface area contributed by atoms with E-state index in [9.17, 15) is 8.42 Å². The molecule has 5 nitrogen and oxygen atoms in total. The Morgan fingerprint density at radius 1 is 1.50 bits per heavy atom. The van der Waals surface area contributed by atoms with Crippen LogP contribution in [0.4, 0.5) is 5.69 Å². The van der Waals surface area contributed by atoms with Crippen LogP contribution in [0.5, 0.6) is 0 Å². The maximum Gasteiger partial charge on any atom is 0.357 e. The van der Waals surface area contributed by atoms with Crippen molar-refractivity contribution < 1.29 is 13.0 Å². The fourth-order valence-corrected chi connectivity index (χ4v) is 0.991. The quantitative estimate of drug-likeness (QED) is 0.466. The van der Waals surface area contributed by atoms with Crippen molar-refractivity contribution in [1.82, 2.24) is 4.98 Å². The van der Waals surface area contributed by atoms with E-state index >= 15 is 0 Å². The highest BCUT2D eigenvalue weighted by atomic mass is 32.2. The van der Waals surface area contributed by atoms with Crippen molar-refractivity contribution in [3.8, 4) is 0 Å². The summed E-state index contributed by atoms with van der Waals surface area (Å²) in [5.74, 6) is 0. The van der Waals surface area contributed by atoms with Gasteiger partial charge in [0, 0.05) is 6.20 Å². The molecule has 0 radical (unpaired) electrons. The van der Waals surface area contributed by atoms with E-state index in [0.717, 1.165) is 0 Å². The van der Waals surface area contributed by atoms with Crippen LogP contribution in [0.25, 0.3) is 0 Å². The molecule has 0 aliphatic carbocycles. The lowest BCUT2D eigenvalue weighted by Crippen LogP contribution is -2.10. The Bertz CT molecular complexity index is 326. The molecule has 1 heterocycles. The van der Waals surface area contributed by atoms with E-state index in [4.69, 9.17) is 4.55 Å². The van der Waals surface area contributed by atoms with Gasteiger partial charge in [0.15, 0.2) is 0 Å². The van der Waals surface area contributed by atoms with E-state index in [2.05, 4.69) is 4.98 Å². The maximum atomic E-state index is 10.2. The van der Waals surface area contributed by atoms with E-state index in [0.29, 0.717) is 0 Å². The molecule has 0 saturated heterocycles. The second-order valence-electron chi connectivity index (χ2n) is 1.82. The van der Waals surface area contributed by atoms with Gasteiger partial charge in [0.2, 0.25) is 0 Å². The first kappa shape index (κ1) is 10.9. The second kappa shape index (κ2) is 4.08. The van der Waals surface area contributed by atoms with Crippen molar-refractivity contribution in [2.24, 2.45) is 0 Å². The van der Waals surface area contributed by atoms with Gasteiger partial charge in [0.05, 0.1) is 20.3 Å². The van der Waals surface area contributed by atoms with Gasteiger partial charge in [-0.05, 0) is 12.1 Å². The van der Waals surface area contributed by atoms with Crippen molar-refractivity contribution >= 4 is 24.4 Å². The van der Waals surface area contributed by atoms with Crippen LogP contribution >= 0.6 is 0 Å². The minimum atomic E-state index is -4.17. The van der Waals surface area contributed by atoms with Gasteiger partial charge in [-0.25, -0.2) is 0 Å². The lowest BCUT2D eigenvalue weighted by Gasteiger charge is -1.98. The molecule has 0 aliphatic heterocycles. The molecule has 0 fully saturated rings. The first-order chi connectivity index (χ1) is 5.08. The summed E-state index contributed by atoms with van der Waals surface area (Å²) in [6.45, 7) is 0. The standard InChI is InChI=1S/C5H6N2O3S.BH3/c8-11(9,10)7-5-2-1-3-6-4-5;/h1-4,7H,(H,8,9,10);1H3. The van der Waals surface area contributed by atoms with E-state index in [1.54, 1.807) is 6.07 Å². The van der Waals surface area contributed by atoms with Crippen LogP contribution in [-0.4, -0.2) is 26.4 Å². The van der Waals surface area contributed by atoms with Crippen molar-refractivity contribution in [3.63, 3.8) is 0 Å². The molecule has 12 heavy (non-hydrogen) atoms. The molecule has 2 N–H and O–H groups in total. The summed E-state index contributed by atoms with van der Waals surface area (Å²) in [7, 11) is -4.17. The fourth-order valence-electron chi connectivity index (χ4n) is 0.572. The van der Waals surface area contributed by atoms with E-state index < -0.39 is 10.3 Å². The van der Waals surface area contributed by atoms with Crippen molar-refractivity contribution in [2.75, 3.05) is 4.72 Å². The lowest BCUT2D eigenvalue weighted by atomic mass is 10.4. The third-order valence-electron chi connectivity index (χ3n) is 0.908. The molecule has 1 rings (SSSR count). The Labute approximate surface area is 72.3 Å². The summed E-state index contributed by atoms with van der Waals surface area (Å²) in [5.41, 5.74) is 0.231. The average Bonchev–Trinajstić information content (AvgIpc) is 1.85. The fraction of sp³-hybridized carbons (Fsp3) is 0. The van der Waals surface area contributed by atoms with Gasteiger partial charge in [0.25, 0.3) is 0 Å². The highest BCUT2D eigenvalue weighted by molar-refractivity contribution is 7.87. The number of hydrogen-bond acceptors (Lipinski definition) is 3. The van der Waals surface area contributed by atoms with Gasteiger partial charge < -0.3 is 0 Å². The normalized spacial score (nSPS) is 10.1. The number of pyridine rings is 1. The molecule has 0 aliphatic rings. The zero-order valence-electron chi connectivity index (χ0n) is 5.43. The molecule has 0 atom stereocenters. The van der Waals surface area contributed by atoms with Crippen molar-refractivity contribution in [3.05, 3.63) is 24.5 Å². The molecule has 0 bridgehead atoms. The van der Waals surface area contributed by atoms with Crippen LogP contribution in [0.1, 0.15) is 0 Å². The molecule has 0 amide bonds. The Kier molecular flexibility index (Phi) is 3.71. The molecular weight excluding hydrogens is 179 g/mol. The molecule has 7 heteroatoms. The first-order valence-electron chi connectivity index (χ1n) is 2.73. The SMILES string of the molecule is B.O=S(=O)(O)Nc1cccnc1. The lowest BCUT2D eigenvalue weighted by molar-refractivity contribution is 0.489. The molecule has 66 valence electrons. The van der Waals surface area contributed by atoms with Gasteiger partial charge in [-0.2, -0.15) is 8.42 Å². The smallest absolute Gasteiger partial charge is 0.269 e. The number of rotatable bonds is 2. The summed E-state index contributed by atoms with van der Waals surface area (Å²) in [6, 6.07) is 3.02. The molecule has 0 saturated carbocycles. The number of nitrogens with zero attached hydrogens (tertiary/aromatic N) is 1. The van der Waals surface area contributed by atoms with Gasteiger partial charge >= 0.3 is 10.3 Å². The summed E-state index contributed by atoms with van der Waals surface area (Å²) in [5, 5.41) is 0. The minimum absolute atomic E-state index is 0. The molecule has 1 aromatic rings. The molecular formula is C5H9BN2O3S. The highest BCUT2D eigenvalue weighted by Crippen LogP contribution is 2.03. The van der Waals surface area contributed by atoms with Crippen molar-refractivity contribution in [2.45, 2.75) is 0 Å². The molecule has 0 aromatic carbocycles.